The average molecular weight is 394 g/mol. The molecule has 4 nitrogen and oxygen atoms in total. The largest absolute Gasteiger partial charge is 0.489 e. The van der Waals surface area contributed by atoms with Crippen molar-refractivity contribution in [3.63, 3.8) is 0 Å². The van der Waals surface area contributed by atoms with Gasteiger partial charge in [-0.05, 0) is 80.6 Å². The van der Waals surface area contributed by atoms with Crippen LogP contribution in [0.15, 0.2) is 47.4 Å². The molecule has 26 heavy (non-hydrogen) atoms. The number of hydrogen-bond donors (Lipinski definition) is 1. The van der Waals surface area contributed by atoms with Gasteiger partial charge in [0, 0.05) is 5.02 Å². The zero-order chi connectivity index (χ0) is 18.7. The van der Waals surface area contributed by atoms with Crippen LogP contribution in [0.4, 0.5) is 0 Å². The van der Waals surface area contributed by atoms with E-state index in [0.717, 1.165) is 42.6 Å². The fourth-order valence-electron chi connectivity index (χ4n) is 3.43. The lowest BCUT2D eigenvalue weighted by Crippen LogP contribution is -2.47. The third-order valence-electron chi connectivity index (χ3n) is 4.62. The summed E-state index contributed by atoms with van der Waals surface area (Å²) in [5.74, 6) is 0.796. The number of aryl methyl sites for hydroxylation is 2. The first-order valence-electron chi connectivity index (χ1n) is 8.86. The van der Waals surface area contributed by atoms with Crippen molar-refractivity contribution >= 4 is 21.6 Å². The molecule has 1 aliphatic rings. The van der Waals surface area contributed by atoms with E-state index < -0.39 is 10.0 Å². The van der Waals surface area contributed by atoms with Crippen molar-refractivity contribution in [3.8, 4) is 5.75 Å². The summed E-state index contributed by atoms with van der Waals surface area (Å²) in [5.41, 5.74) is 2.27. The molecule has 0 saturated heterocycles. The fraction of sp³-hybridized carbons (Fsp3) is 0.400. The van der Waals surface area contributed by atoms with E-state index in [2.05, 4.69) is 10.8 Å². The van der Waals surface area contributed by atoms with Gasteiger partial charge < -0.3 is 4.74 Å². The number of benzene rings is 2. The van der Waals surface area contributed by atoms with E-state index in [1.54, 1.807) is 12.1 Å². The van der Waals surface area contributed by atoms with Gasteiger partial charge in [-0.15, -0.1) is 0 Å². The monoisotopic (exact) mass is 393 g/mol. The highest BCUT2D eigenvalue weighted by atomic mass is 35.5. The van der Waals surface area contributed by atoms with Gasteiger partial charge in [0.25, 0.3) is 0 Å². The minimum atomic E-state index is -3.61. The highest BCUT2D eigenvalue weighted by molar-refractivity contribution is 7.89. The molecule has 0 bridgehead atoms. The normalized spacial score (nSPS) is 20.7. The van der Waals surface area contributed by atoms with Crippen molar-refractivity contribution in [2.24, 2.45) is 0 Å². The van der Waals surface area contributed by atoms with Gasteiger partial charge in [0.1, 0.15) is 11.9 Å². The average Bonchev–Trinajstić information content (AvgIpc) is 2.56. The van der Waals surface area contributed by atoms with Crippen molar-refractivity contribution in [2.45, 2.75) is 56.6 Å². The topological polar surface area (TPSA) is 55.4 Å². The number of sulfonamides is 1. The lowest BCUT2D eigenvalue weighted by molar-refractivity contribution is 0.124. The summed E-state index contributed by atoms with van der Waals surface area (Å²) in [6.07, 6.45) is 3.45. The summed E-state index contributed by atoms with van der Waals surface area (Å²) in [7, 11) is -3.61. The first-order valence-corrected chi connectivity index (χ1v) is 10.7. The Kier molecular flexibility index (Phi) is 5.90. The summed E-state index contributed by atoms with van der Waals surface area (Å²) in [4.78, 5) is 0.220. The SMILES string of the molecule is Cc1cc(C)cc(O[C@@H]2CCCC[C@@H]2NS(=O)(=O)c2ccc(Cl)cc2)c1. The van der Waals surface area contributed by atoms with Crippen LogP contribution in [0.1, 0.15) is 36.8 Å². The minimum Gasteiger partial charge on any atom is -0.489 e. The van der Waals surface area contributed by atoms with Crippen molar-refractivity contribution in [1.29, 1.82) is 0 Å². The van der Waals surface area contributed by atoms with Gasteiger partial charge >= 0.3 is 0 Å². The van der Waals surface area contributed by atoms with Gasteiger partial charge in [0.15, 0.2) is 0 Å². The molecule has 2 aromatic rings. The van der Waals surface area contributed by atoms with Crippen LogP contribution in [0.2, 0.25) is 5.02 Å². The molecule has 0 aliphatic heterocycles. The summed E-state index contributed by atoms with van der Waals surface area (Å²) in [6.45, 7) is 4.06. The Morgan fingerprint density at radius 1 is 1.00 bits per heavy atom. The van der Waals surface area contributed by atoms with Crippen LogP contribution in [-0.4, -0.2) is 20.6 Å². The molecule has 1 fully saturated rings. The molecule has 0 amide bonds. The van der Waals surface area contributed by atoms with Gasteiger partial charge in [0.2, 0.25) is 10.0 Å². The molecule has 0 aromatic heterocycles. The van der Waals surface area contributed by atoms with Crippen LogP contribution in [0, 0.1) is 13.8 Å². The maximum Gasteiger partial charge on any atom is 0.240 e. The zero-order valence-corrected chi connectivity index (χ0v) is 16.6. The Balaban J connectivity index is 1.77. The van der Waals surface area contributed by atoms with Crippen LogP contribution in [-0.2, 0) is 10.0 Å². The Hall–Kier alpha value is -1.56. The van der Waals surface area contributed by atoms with Gasteiger partial charge in [0.05, 0.1) is 10.9 Å². The molecule has 140 valence electrons. The number of nitrogens with one attached hydrogen (secondary N) is 1. The molecule has 0 radical (unpaired) electrons. The molecule has 2 aromatic carbocycles. The number of ether oxygens (including phenoxy) is 1. The lowest BCUT2D eigenvalue weighted by atomic mass is 9.93. The van der Waals surface area contributed by atoms with E-state index in [4.69, 9.17) is 16.3 Å². The summed E-state index contributed by atoms with van der Waals surface area (Å²) in [6, 6.07) is 12.0. The predicted octanol–water partition coefficient (Wildman–Crippen LogP) is 4.63. The van der Waals surface area contributed by atoms with Gasteiger partial charge in [-0.25, -0.2) is 13.1 Å². The van der Waals surface area contributed by atoms with E-state index in [-0.39, 0.29) is 17.0 Å². The van der Waals surface area contributed by atoms with Crippen LogP contribution in [0.3, 0.4) is 0 Å². The van der Waals surface area contributed by atoms with E-state index in [0.29, 0.717) is 5.02 Å². The number of halogens is 1. The molecule has 1 aliphatic carbocycles. The first-order chi connectivity index (χ1) is 12.3. The van der Waals surface area contributed by atoms with Crippen molar-refractivity contribution in [1.82, 2.24) is 4.72 Å². The van der Waals surface area contributed by atoms with Gasteiger partial charge in [-0.3, -0.25) is 0 Å². The lowest BCUT2D eigenvalue weighted by Gasteiger charge is -2.32. The highest BCUT2D eigenvalue weighted by Crippen LogP contribution is 2.27. The molecule has 0 unspecified atom stereocenters. The highest BCUT2D eigenvalue weighted by Gasteiger charge is 2.31. The van der Waals surface area contributed by atoms with Gasteiger partial charge in [-0.2, -0.15) is 0 Å². The molecular weight excluding hydrogens is 370 g/mol. The molecule has 2 atom stereocenters. The third kappa shape index (κ3) is 4.78. The summed E-state index contributed by atoms with van der Waals surface area (Å²) < 4.78 is 34.4. The Morgan fingerprint density at radius 3 is 2.27 bits per heavy atom. The second-order valence-electron chi connectivity index (χ2n) is 6.95. The fourth-order valence-corrected chi connectivity index (χ4v) is 4.85. The number of hydrogen-bond acceptors (Lipinski definition) is 3. The van der Waals surface area contributed by atoms with Gasteiger partial charge in [-0.1, -0.05) is 24.1 Å². The Morgan fingerprint density at radius 2 is 1.62 bits per heavy atom. The Bertz CT molecular complexity index is 845. The predicted molar refractivity (Wildman–Crippen MR) is 104 cm³/mol. The minimum absolute atomic E-state index is 0.174. The van der Waals surface area contributed by atoms with Crippen molar-refractivity contribution in [3.05, 3.63) is 58.6 Å². The maximum absolute atomic E-state index is 12.7. The molecule has 1 N–H and O–H groups in total. The zero-order valence-electron chi connectivity index (χ0n) is 15.0. The number of rotatable bonds is 5. The van der Waals surface area contributed by atoms with Crippen LogP contribution < -0.4 is 9.46 Å². The molecule has 1 saturated carbocycles. The second kappa shape index (κ2) is 7.99. The Labute approximate surface area is 160 Å². The van der Waals surface area contributed by atoms with Crippen molar-refractivity contribution < 1.29 is 13.2 Å². The summed E-state index contributed by atoms with van der Waals surface area (Å²) >= 11 is 5.86. The molecule has 3 rings (SSSR count). The standard InChI is InChI=1S/C20H24ClNO3S/c1-14-11-15(2)13-17(12-14)25-20-6-4-3-5-19(20)22-26(23,24)18-9-7-16(21)8-10-18/h7-13,19-20,22H,3-6H2,1-2H3/t19-,20+/m0/s1. The second-order valence-corrected chi connectivity index (χ2v) is 9.10. The van der Waals surface area contributed by atoms with E-state index >= 15 is 0 Å². The molecule has 0 heterocycles. The summed E-state index contributed by atoms with van der Waals surface area (Å²) in [5, 5.41) is 0.512. The molecular formula is C20H24ClNO3S. The quantitative estimate of drug-likeness (QED) is 0.805. The molecule has 6 heteroatoms. The first kappa shape index (κ1) is 19.2. The van der Waals surface area contributed by atoms with Crippen molar-refractivity contribution in [2.75, 3.05) is 0 Å². The van der Waals surface area contributed by atoms with E-state index in [9.17, 15) is 8.42 Å². The maximum atomic E-state index is 12.7. The van der Waals surface area contributed by atoms with Crippen LogP contribution in [0.5, 0.6) is 5.75 Å². The van der Waals surface area contributed by atoms with Crippen LogP contribution >= 0.6 is 11.6 Å². The van der Waals surface area contributed by atoms with E-state index in [1.165, 1.54) is 12.1 Å². The molecule has 0 spiro atoms. The van der Waals surface area contributed by atoms with Crippen LogP contribution in [0.25, 0.3) is 0 Å². The third-order valence-corrected chi connectivity index (χ3v) is 6.37. The smallest absolute Gasteiger partial charge is 0.240 e. The van der Waals surface area contributed by atoms with E-state index in [1.807, 2.05) is 26.0 Å².